The first kappa shape index (κ1) is 12.2. The van der Waals surface area contributed by atoms with Crippen molar-refractivity contribution in [3.8, 4) is 5.75 Å². The van der Waals surface area contributed by atoms with Crippen LogP contribution >= 0.6 is 0 Å². The number of ether oxygens (including phenoxy) is 1. The van der Waals surface area contributed by atoms with Gasteiger partial charge in [0.2, 0.25) is 0 Å². The molecule has 1 aromatic carbocycles. The van der Waals surface area contributed by atoms with Crippen molar-refractivity contribution in [2.75, 3.05) is 6.61 Å². The van der Waals surface area contributed by atoms with E-state index < -0.39 is 0 Å². The zero-order chi connectivity index (χ0) is 13.2. The molecule has 4 nitrogen and oxygen atoms in total. The summed E-state index contributed by atoms with van der Waals surface area (Å²) in [7, 11) is 1.92. The van der Waals surface area contributed by atoms with Crippen molar-refractivity contribution in [2.24, 2.45) is 12.8 Å². The van der Waals surface area contributed by atoms with Crippen LogP contribution < -0.4 is 10.5 Å². The van der Waals surface area contributed by atoms with Crippen molar-refractivity contribution in [2.45, 2.75) is 24.8 Å². The largest absolute Gasteiger partial charge is 0.493 e. The summed E-state index contributed by atoms with van der Waals surface area (Å²) in [6, 6.07) is 8.30. The Balaban J connectivity index is 1.77. The number of fused-ring (bicyclic) bond motifs is 1. The molecule has 0 radical (unpaired) electrons. The van der Waals surface area contributed by atoms with Gasteiger partial charge in [-0.3, -0.25) is 4.68 Å². The molecule has 0 saturated heterocycles. The van der Waals surface area contributed by atoms with Gasteiger partial charge in [-0.2, -0.15) is 5.10 Å². The van der Waals surface area contributed by atoms with Crippen LogP contribution in [0.15, 0.2) is 36.7 Å². The molecule has 2 N–H and O–H groups in total. The van der Waals surface area contributed by atoms with Gasteiger partial charge in [0.05, 0.1) is 12.8 Å². The average molecular weight is 257 g/mol. The zero-order valence-electron chi connectivity index (χ0n) is 11.1. The number of benzene rings is 1. The summed E-state index contributed by atoms with van der Waals surface area (Å²) in [6.07, 6.45) is 5.82. The lowest BCUT2D eigenvalue weighted by atomic mass is 9.86. The Labute approximate surface area is 113 Å². The van der Waals surface area contributed by atoms with Crippen molar-refractivity contribution in [1.82, 2.24) is 9.78 Å². The van der Waals surface area contributed by atoms with Gasteiger partial charge in [0.15, 0.2) is 0 Å². The molecule has 100 valence electrons. The quantitative estimate of drug-likeness (QED) is 0.918. The number of rotatable bonds is 3. The van der Waals surface area contributed by atoms with Crippen LogP contribution in [-0.4, -0.2) is 16.4 Å². The lowest BCUT2D eigenvalue weighted by Crippen LogP contribution is -2.19. The minimum Gasteiger partial charge on any atom is -0.493 e. The first-order valence-electron chi connectivity index (χ1n) is 6.70. The molecule has 1 aromatic heterocycles. The predicted molar refractivity (Wildman–Crippen MR) is 74.0 cm³/mol. The smallest absolute Gasteiger partial charge is 0.122 e. The summed E-state index contributed by atoms with van der Waals surface area (Å²) in [6.45, 7) is 0.779. The predicted octanol–water partition coefficient (Wildman–Crippen LogP) is 2.38. The minimum atomic E-state index is 0.0323. The molecule has 0 spiro atoms. The van der Waals surface area contributed by atoms with E-state index in [2.05, 4.69) is 17.2 Å². The van der Waals surface area contributed by atoms with E-state index in [9.17, 15) is 0 Å². The van der Waals surface area contributed by atoms with Crippen molar-refractivity contribution < 1.29 is 4.74 Å². The second-order valence-corrected chi connectivity index (χ2v) is 5.16. The topological polar surface area (TPSA) is 53.1 Å². The maximum Gasteiger partial charge on any atom is 0.122 e. The lowest BCUT2D eigenvalue weighted by molar-refractivity contribution is 0.259. The van der Waals surface area contributed by atoms with Gasteiger partial charge in [0, 0.05) is 24.8 Å². The van der Waals surface area contributed by atoms with E-state index in [1.165, 1.54) is 5.56 Å². The zero-order valence-corrected chi connectivity index (χ0v) is 11.1. The van der Waals surface area contributed by atoms with Gasteiger partial charge in [-0.05, 0) is 30.4 Å². The van der Waals surface area contributed by atoms with Crippen LogP contribution in [0, 0.1) is 0 Å². The fraction of sp³-hybridized carbons (Fsp3) is 0.400. The van der Waals surface area contributed by atoms with E-state index in [1.54, 1.807) is 4.68 Å². The molecule has 1 aliphatic rings. The third kappa shape index (κ3) is 2.49. The Morgan fingerprint density at radius 2 is 2.32 bits per heavy atom. The summed E-state index contributed by atoms with van der Waals surface area (Å²) in [5, 5.41) is 4.19. The molecular weight excluding hydrogens is 238 g/mol. The molecule has 19 heavy (non-hydrogen) atoms. The summed E-state index contributed by atoms with van der Waals surface area (Å²) in [4.78, 5) is 0. The molecule has 0 bridgehead atoms. The van der Waals surface area contributed by atoms with Gasteiger partial charge >= 0.3 is 0 Å². The van der Waals surface area contributed by atoms with Crippen LogP contribution in [0.4, 0.5) is 0 Å². The first-order chi connectivity index (χ1) is 9.24. The van der Waals surface area contributed by atoms with E-state index in [0.29, 0.717) is 5.92 Å². The highest BCUT2D eigenvalue weighted by Crippen LogP contribution is 2.38. The lowest BCUT2D eigenvalue weighted by Gasteiger charge is -2.27. The molecule has 4 heteroatoms. The van der Waals surface area contributed by atoms with Crippen molar-refractivity contribution >= 4 is 0 Å². The normalized spacial score (nSPS) is 19.6. The van der Waals surface area contributed by atoms with Gasteiger partial charge in [0.1, 0.15) is 5.75 Å². The van der Waals surface area contributed by atoms with Crippen LogP contribution in [0.5, 0.6) is 5.75 Å². The van der Waals surface area contributed by atoms with Gasteiger partial charge in [-0.15, -0.1) is 0 Å². The molecule has 2 unspecified atom stereocenters. The van der Waals surface area contributed by atoms with Crippen LogP contribution in [0.1, 0.15) is 35.9 Å². The Kier molecular flexibility index (Phi) is 3.25. The number of hydrogen-bond donors (Lipinski definition) is 1. The Morgan fingerprint density at radius 1 is 1.47 bits per heavy atom. The Bertz CT molecular complexity index is 564. The number of nitrogens with zero attached hydrogens (tertiary/aromatic N) is 2. The Morgan fingerprint density at radius 3 is 3.11 bits per heavy atom. The van der Waals surface area contributed by atoms with Crippen molar-refractivity contribution in [3.05, 3.63) is 47.8 Å². The third-order valence-electron chi connectivity index (χ3n) is 3.77. The fourth-order valence-electron chi connectivity index (χ4n) is 2.73. The highest BCUT2D eigenvalue weighted by Gasteiger charge is 2.23. The molecular formula is C15H19N3O. The van der Waals surface area contributed by atoms with Crippen molar-refractivity contribution in [3.63, 3.8) is 0 Å². The number of aromatic nitrogens is 2. The third-order valence-corrected chi connectivity index (χ3v) is 3.77. The van der Waals surface area contributed by atoms with Crippen LogP contribution in [0.25, 0.3) is 0 Å². The van der Waals surface area contributed by atoms with Crippen LogP contribution in [-0.2, 0) is 7.05 Å². The summed E-state index contributed by atoms with van der Waals surface area (Å²) < 4.78 is 7.49. The molecule has 0 amide bonds. The molecule has 2 heterocycles. The molecule has 1 aliphatic heterocycles. The molecule has 2 atom stereocenters. The van der Waals surface area contributed by atoms with Crippen LogP contribution in [0.2, 0.25) is 0 Å². The molecule has 2 aromatic rings. The number of aryl methyl sites for hydroxylation is 1. The molecule has 0 aliphatic carbocycles. The van der Waals surface area contributed by atoms with E-state index in [0.717, 1.165) is 30.8 Å². The van der Waals surface area contributed by atoms with Crippen molar-refractivity contribution in [1.29, 1.82) is 0 Å². The van der Waals surface area contributed by atoms with Gasteiger partial charge in [-0.1, -0.05) is 18.2 Å². The maximum absolute atomic E-state index is 6.30. The first-order valence-corrected chi connectivity index (χ1v) is 6.70. The van der Waals surface area contributed by atoms with Gasteiger partial charge < -0.3 is 10.5 Å². The SMILES string of the molecule is Cn1cc(C(N)CC2CCOc3ccccc32)cn1. The monoisotopic (exact) mass is 257 g/mol. The molecule has 0 fully saturated rings. The summed E-state index contributed by atoms with van der Waals surface area (Å²) in [5.41, 5.74) is 8.69. The Hall–Kier alpha value is -1.81. The van der Waals surface area contributed by atoms with E-state index in [-0.39, 0.29) is 6.04 Å². The van der Waals surface area contributed by atoms with Crippen LogP contribution in [0.3, 0.4) is 0 Å². The van der Waals surface area contributed by atoms with E-state index in [4.69, 9.17) is 10.5 Å². The number of hydrogen-bond acceptors (Lipinski definition) is 3. The average Bonchev–Trinajstić information content (AvgIpc) is 2.86. The minimum absolute atomic E-state index is 0.0323. The summed E-state index contributed by atoms with van der Waals surface area (Å²) in [5.74, 6) is 1.48. The second-order valence-electron chi connectivity index (χ2n) is 5.16. The molecule has 3 rings (SSSR count). The summed E-state index contributed by atoms with van der Waals surface area (Å²) >= 11 is 0. The number of nitrogens with two attached hydrogens (primary N) is 1. The van der Waals surface area contributed by atoms with E-state index in [1.807, 2.05) is 31.6 Å². The number of para-hydroxylation sites is 1. The maximum atomic E-state index is 6.30. The van der Waals surface area contributed by atoms with Gasteiger partial charge in [-0.25, -0.2) is 0 Å². The standard InChI is InChI=1S/C15H19N3O/c1-18-10-12(9-17-18)14(16)8-11-6-7-19-15-5-3-2-4-13(11)15/h2-5,9-11,14H,6-8,16H2,1H3. The second kappa shape index (κ2) is 5.05. The van der Waals surface area contributed by atoms with Gasteiger partial charge in [0.25, 0.3) is 0 Å². The highest BCUT2D eigenvalue weighted by molar-refractivity contribution is 5.38. The molecule has 0 saturated carbocycles. The van der Waals surface area contributed by atoms with E-state index >= 15 is 0 Å². The highest BCUT2D eigenvalue weighted by atomic mass is 16.5. The fourth-order valence-corrected chi connectivity index (χ4v) is 2.73.